The van der Waals surface area contributed by atoms with Crippen molar-refractivity contribution in [1.29, 1.82) is 0 Å². The highest BCUT2D eigenvalue weighted by Gasteiger charge is 2.31. The molecule has 3 N–H and O–H groups in total. The molecule has 0 saturated carbocycles. The second-order valence-electron chi connectivity index (χ2n) is 4.85. The number of morpholine rings is 1. The summed E-state index contributed by atoms with van der Waals surface area (Å²) in [6, 6.07) is 10.8. The molecule has 4 heteroatoms. The molecule has 1 aromatic rings. The number of benzene rings is 1. The molecular formula is C14H22N2O2. The molecule has 0 radical (unpaired) electrons. The quantitative estimate of drug-likeness (QED) is 0.828. The lowest BCUT2D eigenvalue weighted by atomic mass is 10.0. The van der Waals surface area contributed by atoms with Crippen LogP contribution in [0.15, 0.2) is 30.3 Å². The number of hydrogen-bond acceptors (Lipinski definition) is 4. The van der Waals surface area contributed by atoms with Crippen molar-refractivity contribution in [3.05, 3.63) is 35.9 Å². The van der Waals surface area contributed by atoms with Gasteiger partial charge in [-0.1, -0.05) is 30.3 Å². The Labute approximate surface area is 108 Å². The van der Waals surface area contributed by atoms with Crippen LogP contribution in [0.5, 0.6) is 0 Å². The van der Waals surface area contributed by atoms with Crippen LogP contribution < -0.4 is 5.73 Å². The molecule has 0 amide bonds. The van der Waals surface area contributed by atoms with Gasteiger partial charge >= 0.3 is 0 Å². The van der Waals surface area contributed by atoms with Crippen LogP contribution in [0.1, 0.15) is 18.5 Å². The molecule has 100 valence electrons. The van der Waals surface area contributed by atoms with Crippen molar-refractivity contribution in [1.82, 2.24) is 4.90 Å². The van der Waals surface area contributed by atoms with Crippen molar-refractivity contribution < 1.29 is 9.84 Å². The van der Waals surface area contributed by atoms with Crippen LogP contribution >= 0.6 is 0 Å². The van der Waals surface area contributed by atoms with Gasteiger partial charge in [0, 0.05) is 25.2 Å². The average Bonchev–Trinajstić information content (AvgIpc) is 2.43. The Balaban J connectivity index is 2.15. The summed E-state index contributed by atoms with van der Waals surface area (Å²) in [5.41, 5.74) is 7.17. The van der Waals surface area contributed by atoms with Gasteiger partial charge in [0.25, 0.3) is 0 Å². The molecule has 1 aliphatic rings. The third kappa shape index (κ3) is 2.90. The zero-order valence-electron chi connectivity index (χ0n) is 10.8. The SMILES string of the molecule is CC1COC(CO)CN1C(CN)c1ccccc1. The van der Waals surface area contributed by atoms with E-state index in [0.717, 1.165) is 6.54 Å². The smallest absolute Gasteiger partial charge is 0.0933 e. The lowest BCUT2D eigenvalue weighted by Gasteiger charge is -2.42. The van der Waals surface area contributed by atoms with E-state index >= 15 is 0 Å². The molecule has 1 fully saturated rings. The van der Waals surface area contributed by atoms with E-state index in [2.05, 4.69) is 24.0 Å². The summed E-state index contributed by atoms with van der Waals surface area (Å²) in [4.78, 5) is 2.33. The molecule has 0 bridgehead atoms. The summed E-state index contributed by atoms with van der Waals surface area (Å²) >= 11 is 0. The van der Waals surface area contributed by atoms with E-state index in [9.17, 15) is 5.11 Å². The molecule has 3 atom stereocenters. The fourth-order valence-corrected chi connectivity index (χ4v) is 2.52. The van der Waals surface area contributed by atoms with E-state index in [4.69, 9.17) is 10.5 Å². The van der Waals surface area contributed by atoms with E-state index in [0.29, 0.717) is 19.2 Å². The summed E-state index contributed by atoms with van der Waals surface area (Å²) in [6.45, 7) is 4.16. The number of nitrogens with two attached hydrogens (primary N) is 1. The summed E-state index contributed by atoms with van der Waals surface area (Å²) in [6.07, 6.45) is -0.0982. The molecule has 1 aliphatic heterocycles. The molecular weight excluding hydrogens is 228 g/mol. The number of ether oxygens (including phenoxy) is 1. The lowest BCUT2D eigenvalue weighted by molar-refractivity contribution is -0.0907. The van der Waals surface area contributed by atoms with Gasteiger partial charge in [-0.05, 0) is 12.5 Å². The van der Waals surface area contributed by atoms with Gasteiger partial charge in [-0.3, -0.25) is 4.90 Å². The number of nitrogens with zero attached hydrogens (tertiary/aromatic N) is 1. The Morgan fingerprint density at radius 3 is 2.78 bits per heavy atom. The van der Waals surface area contributed by atoms with Crippen molar-refractivity contribution >= 4 is 0 Å². The maximum Gasteiger partial charge on any atom is 0.0933 e. The molecule has 0 aliphatic carbocycles. The number of aliphatic hydroxyl groups excluding tert-OH is 1. The van der Waals surface area contributed by atoms with Crippen molar-refractivity contribution in [3.63, 3.8) is 0 Å². The molecule has 1 saturated heterocycles. The van der Waals surface area contributed by atoms with E-state index in [1.54, 1.807) is 0 Å². The standard InChI is InChI=1S/C14H22N2O2/c1-11-10-18-13(9-17)8-16(11)14(7-15)12-5-3-2-4-6-12/h2-6,11,13-14,17H,7-10,15H2,1H3. The van der Waals surface area contributed by atoms with E-state index in [1.165, 1.54) is 5.56 Å². The Bertz CT molecular complexity index is 358. The van der Waals surface area contributed by atoms with Crippen LogP contribution in [0.2, 0.25) is 0 Å². The monoisotopic (exact) mass is 250 g/mol. The molecule has 2 rings (SSSR count). The average molecular weight is 250 g/mol. The second kappa shape index (κ2) is 6.29. The number of hydrogen-bond donors (Lipinski definition) is 2. The minimum atomic E-state index is -0.0982. The third-order valence-corrected chi connectivity index (χ3v) is 3.57. The van der Waals surface area contributed by atoms with E-state index < -0.39 is 0 Å². The first-order valence-electron chi connectivity index (χ1n) is 6.49. The van der Waals surface area contributed by atoms with Crippen molar-refractivity contribution in [2.45, 2.75) is 25.1 Å². The zero-order chi connectivity index (χ0) is 13.0. The van der Waals surface area contributed by atoms with Gasteiger partial charge in [0.15, 0.2) is 0 Å². The predicted molar refractivity (Wildman–Crippen MR) is 71.2 cm³/mol. The molecule has 0 spiro atoms. The summed E-state index contributed by atoms with van der Waals surface area (Å²) in [7, 11) is 0. The van der Waals surface area contributed by atoms with Gasteiger partial charge in [0.2, 0.25) is 0 Å². The van der Waals surface area contributed by atoms with Crippen LogP contribution in [0.25, 0.3) is 0 Å². The molecule has 4 nitrogen and oxygen atoms in total. The maximum absolute atomic E-state index is 9.24. The largest absolute Gasteiger partial charge is 0.394 e. The first-order valence-corrected chi connectivity index (χ1v) is 6.49. The molecule has 3 unspecified atom stereocenters. The minimum Gasteiger partial charge on any atom is -0.394 e. The lowest BCUT2D eigenvalue weighted by Crippen LogP contribution is -2.52. The molecule has 18 heavy (non-hydrogen) atoms. The van der Waals surface area contributed by atoms with Gasteiger partial charge in [-0.15, -0.1) is 0 Å². The fourth-order valence-electron chi connectivity index (χ4n) is 2.52. The van der Waals surface area contributed by atoms with E-state index in [1.807, 2.05) is 18.2 Å². The first-order chi connectivity index (χ1) is 8.76. The summed E-state index contributed by atoms with van der Waals surface area (Å²) in [5.74, 6) is 0. The Hall–Kier alpha value is -0.940. The Morgan fingerprint density at radius 2 is 2.17 bits per heavy atom. The van der Waals surface area contributed by atoms with Crippen LogP contribution in [0.3, 0.4) is 0 Å². The van der Waals surface area contributed by atoms with Gasteiger partial charge < -0.3 is 15.6 Å². The molecule has 1 heterocycles. The molecule has 1 aromatic carbocycles. The topological polar surface area (TPSA) is 58.7 Å². The Morgan fingerprint density at radius 1 is 1.44 bits per heavy atom. The highest BCUT2D eigenvalue weighted by atomic mass is 16.5. The van der Waals surface area contributed by atoms with Gasteiger partial charge in [0.05, 0.1) is 19.3 Å². The number of rotatable bonds is 4. The highest BCUT2D eigenvalue weighted by Crippen LogP contribution is 2.25. The first kappa shape index (κ1) is 13.5. The Kier molecular flexibility index (Phi) is 4.72. The van der Waals surface area contributed by atoms with Crippen molar-refractivity contribution in [2.75, 3.05) is 26.3 Å². The van der Waals surface area contributed by atoms with Gasteiger partial charge in [0.1, 0.15) is 0 Å². The van der Waals surface area contributed by atoms with Crippen LogP contribution in [0.4, 0.5) is 0 Å². The third-order valence-electron chi connectivity index (χ3n) is 3.57. The minimum absolute atomic E-state index is 0.0648. The highest BCUT2D eigenvalue weighted by molar-refractivity contribution is 5.19. The summed E-state index contributed by atoms with van der Waals surface area (Å²) < 4.78 is 5.57. The van der Waals surface area contributed by atoms with Crippen LogP contribution in [-0.2, 0) is 4.74 Å². The second-order valence-corrected chi connectivity index (χ2v) is 4.85. The summed E-state index contributed by atoms with van der Waals surface area (Å²) in [5, 5.41) is 9.24. The van der Waals surface area contributed by atoms with Crippen LogP contribution in [0, 0.1) is 0 Å². The van der Waals surface area contributed by atoms with Gasteiger partial charge in [-0.2, -0.15) is 0 Å². The normalized spacial score (nSPS) is 27.1. The van der Waals surface area contributed by atoms with Crippen LogP contribution in [-0.4, -0.2) is 48.5 Å². The maximum atomic E-state index is 9.24. The predicted octanol–water partition coefficient (Wildman–Crippen LogP) is 0.768. The number of aliphatic hydroxyl groups is 1. The van der Waals surface area contributed by atoms with Crippen molar-refractivity contribution in [2.24, 2.45) is 5.73 Å². The van der Waals surface area contributed by atoms with Crippen molar-refractivity contribution in [3.8, 4) is 0 Å². The fraction of sp³-hybridized carbons (Fsp3) is 0.571. The van der Waals surface area contributed by atoms with E-state index in [-0.39, 0.29) is 18.8 Å². The zero-order valence-corrected chi connectivity index (χ0v) is 10.8. The molecule has 0 aromatic heterocycles. The van der Waals surface area contributed by atoms with Gasteiger partial charge in [-0.25, -0.2) is 0 Å².